The van der Waals surface area contributed by atoms with E-state index in [4.69, 9.17) is 4.74 Å². The highest BCUT2D eigenvalue weighted by molar-refractivity contribution is 9.10. The molecule has 3 rings (SSSR count). The monoisotopic (exact) mass is 348 g/mol. The van der Waals surface area contributed by atoms with Crippen LogP contribution >= 0.6 is 15.9 Å². The fourth-order valence-electron chi connectivity index (χ4n) is 3.65. The first-order valence-corrected chi connectivity index (χ1v) is 8.60. The molecule has 0 bridgehead atoms. The van der Waals surface area contributed by atoms with E-state index in [1.807, 2.05) is 18.2 Å². The van der Waals surface area contributed by atoms with Crippen molar-refractivity contribution in [1.29, 1.82) is 5.26 Å². The van der Waals surface area contributed by atoms with E-state index in [2.05, 4.69) is 27.3 Å². The van der Waals surface area contributed by atoms with Crippen LogP contribution in [-0.2, 0) is 4.74 Å². The first kappa shape index (κ1) is 14.9. The number of ether oxygens (including phenoxy) is 1. The SMILES string of the molecule is N#Cc1cc(Br)ccc1NC1CCOC2(CCCCC2)C1. The summed E-state index contributed by atoms with van der Waals surface area (Å²) in [4.78, 5) is 0. The number of benzene rings is 1. The van der Waals surface area contributed by atoms with Crippen molar-refractivity contribution in [3.8, 4) is 6.07 Å². The molecular formula is C17H21BrN2O. The Balaban J connectivity index is 1.71. The van der Waals surface area contributed by atoms with Gasteiger partial charge in [0.05, 0.1) is 16.9 Å². The van der Waals surface area contributed by atoms with Crippen LogP contribution in [0.4, 0.5) is 5.69 Å². The van der Waals surface area contributed by atoms with Crippen molar-refractivity contribution in [2.75, 3.05) is 11.9 Å². The van der Waals surface area contributed by atoms with Crippen molar-refractivity contribution in [2.45, 2.75) is 56.6 Å². The Bertz CT molecular complexity index is 541. The lowest BCUT2D eigenvalue weighted by atomic mass is 9.78. The highest BCUT2D eigenvalue weighted by Gasteiger charge is 2.38. The zero-order valence-electron chi connectivity index (χ0n) is 12.2. The Morgan fingerprint density at radius 3 is 2.86 bits per heavy atom. The van der Waals surface area contributed by atoms with E-state index in [9.17, 15) is 5.26 Å². The third-order valence-corrected chi connectivity index (χ3v) is 5.21. The van der Waals surface area contributed by atoms with E-state index in [1.54, 1.807) is 0 Å². The van der Waals surface area contributed by atoms with Crippen molar-refractivity contribution in [3.05, 3.63) is 28.2 Å². The van der Waals surface area contributed by atoms with Crippen molar-refractivity contribution in [3.63, 3.8) is 0 Å². The van der Waals surface area contributed by atoms with Gasteiger partial charge < -0.3 is 10.1 Å². The Morgan fingerprint density at radius 1 is 1.29 bits per heavy atom. The average Bonchev–Trinajstić information content (AvgIpc) is 2.50. The van der Waals surface area contributed by atoms with Gasteiger partial charge >= 0.3 is 0 Å². The van der Waals surface area contributed by atoms with Gasteiger partial charge in [-0.2, -0.15) is 5.26 Å². The molecule has 1 atom stereocenters. The summed E-state index contributed by atoms with van der Waals surface area (Å²) >= 11 is 3.42. The minimum atomic E-state index is 0.0936. The molecule has 4 heteroatoms. The fourth-order valence-corrected chi connectivity index (χ4v) is 4.01. The minimum Gasteiger partial charge on any atom is -0.381 e. The number of hydrogen-bond acceptors (Lipinski definition) is 3. The third-order valence-electron chi connectivity index (χ3n) is 4.72. The Labute approximate surface area is 134 Å². The molecule has 1 aliphatic heterocycles. The molecule has 0 aromatic heterocycles. The molecule has 3 nitrogen and oxygen atoms in total. The summed E-state index contributed by atoms with van der Waals surface area (Å²) in [5.74, 6) is 0. The average molecular weight is 349 g/mol. The van der Waals surface area contributed by atoms with Crippen LogP contribution in [0.15, 0.2) is 22.7 Å². The third kappa shape index (κ3) is 3.41. The number of halogens is 1. The number of rotatable bonds is 2. The standard InChI is InChI=1S/C17H21BrN2O/c18-14-4-5-16(13(10-14)12-19)20-15-6-9-21-17(11-15)7-2-1-3-8-17/h4-5,10,15,20H,1-3,6-9,11H2. The number of nitrogens with one attached hydrogen (secondary N) is 1. The molecule has 1 aromatic carbocycles. The molecule has 1 aromatic rings. The molecule has 0 amide bonds. The second kappa shape index (κ2) is 6.37. The van der Waals surface area contributed by atoms with Crippen LogP contribution < -0.4 is 5.32 Å². The molecule has 1 spiro atoms. The zero-order valence-corrected chi connectivity index (χ0v) is 13.8. The summed E-state index contributed by atoms with van der Waals surface area (Å²) in [6.07, 6.45) is 8.38. The molecular weight excluding hydrogens is 328 g/mol. The van der Waals surface area contributed by atoms with Gasteiger partial charge in [-0.15, -0.1) is 0 Å². The maximum absolute atomic E-state index is 9.28. The van der Waals surface area contributed by atoms with Gasteiger partial charge in [0.15, 0.2) is 0 Å². The molecule has 2 aliphatic rings. The summed E-state index contributed by atoms with van der Waals surface area (Å²) in [5.41, 5.74) is 1.74. The maximum atomic E-state index is 9.28. The van der Waals surface area contributed by atoms with Crippen LogP contribution in [0.3, 0.4) is 0 Å². The van der Waals surface area contributed by atoms with E-state index in [0.29, 0.717) is 11.6 Å². The number of hydrogen-bond donors (Lipinski definition) is 1. The minimum absolute atomic E-state index is 0.0936. The van der Waals surface area contributed by atoms with Crippen LogP contribution in [0.2, 0.25) is 0 Å². The van der Waals surface area contributed by atoms with Gasteiger partial charge in [0, 0.05) is 17.1 Å². The number of anilines is 1. The lowest BCUT2D eigenvalue weighted by Crippen LogP contribution is -2.45. The van der Waals surface area contributed by atoms with Gasteiger partial charge in [-0.05, 0) is 43.9 Å². The first-order valence-electron chi connectivity index (χ1n) is 7.81. The molecule has 1 N–H and O–H groups in total. The van der Waals surface area contributed by atoms with E-state index in [0.717, 1.165) is 29.6 Å². The predicted octanol–water partition coefficient (Wildman–Crippen LogP) is 4.61. The molecule has 1 saturated heterocycles. The predicted molar refractivity (Wildman–Crippen MR) is 87.3 cm³/mol. The lowest BCUT2D eigenvalue weighted by Gasteiger charge is -2.44. The van der Waals surface area contributed by atoms with E-state index >= 15 is 0 Å². The van der Waals surface area contributed by atoms with Gasteiger partial charge in [0.1, 0.15) is 6.07 Å². The van der Waals surface area contributed by atoms with Crippen molar-refractivity contribution >= 4 is 21.6 Å². The highest BCUT2D eigenvalue weighted by Crippen LogP contribution is 2.39. The second-order valence-electron chi connectivity index (χ2n) is 6.23. The van der Waals surface area contributed by atoms with Crippen LogP contribution in [0.25, 0.3) is 0 Å². The summed E-state index contributed by atoms with van der Waals surface area (Å²) in [7, 11) is 0. The van der Waals surface area contributed by atoms with Crippen molar-refractivity contribution in [1.82, 2.24) is 0 Å². The molecule has 21 heavy (non-hydrogen) atoms. The fraction of sp³-hybridized carbons (Fsp3) is 0.588. The number of nitriles is 1. The normalized spacial score (nSPS) is 24.5. The summed E-state index contributed by atoms with van der Waals surface area (Å²) in [6.45, 7) is 0.829. The van der Waals surface area contributed by atoms with Gasteiger partial charge in [-0.1, -0.05) is 35.2 Å². The Morgan fingerprint density at radius 2 is 2.10 bits per heavy atom. The quantitative estimate of drug-likeness (QED) is 0.848. The van der Waals surface area contributed by atoms with E-state index in [-0.39, 0.29) is 5.60 Å². The van der Waals surface area contributed by atoms with Gasteiger partial charge in [0.25, 0.3) is 0 Å². The van der Waals surface area contributed by atoms with Gasteiger partial charge in [-0.25, -0.2) is 0 Å². The molecule has 1 aliphatic carbocycles. The molecule has 2 fully saturated rings. The van der Waals surface area contributed by atoms with Crippen molar-refractivity contribution < 1.29 is 4.74 Å². The molecule has 1 saturated carbocycles. The Kier molecular flexibility index (Phi) is 4.51. The Hall–Kier alpha value is -1.05. The smallest absolute Gasteiger partial charge is 0.101 e. The van der Waals surface area contributed by atoms with Crippen LogP contribution in [-0.4, -0.2) is 18.2 Å². The number of nitrogens with zero attached hydrogens (tertiary/aromatic N) is 1. The molecule has 1 unspecified atom stereocenters. The summed E-state index contributed by atoms with van der Waals surface area (Å²) in [5, 5.41) is 12.9. The molecule has 112 valence electrons. The summed E-state index contributed by atoms with van der Waals surface area (Å²) < 4.78 is 7.08. The lowest BCUT2D eigenvalue weighted by molar-refractivity contribution is -0.103. The van der Waals surface area contributed by atoms with Crippen LogP contribution in [0, 0.1) is 11.3 Å². The summed E-state index contributed by atoms with van der Waals surface area (Å²) in [6, 6.07) is 8.53. The first-order chi connectivity index (χ1) is 10.2. The topological polar surface area (TPSA) is 45.0 Å². The maximum Gasteiger partial charge on any atom is 0.101 e. The molecule has 0 radical (unpaired) electrons. The molecule has 1 heterocycles. The van der Waals surface area contributed by atoms with Crippen LogP contribution in [0.1, 0.15) is 50.5 Å². The van der Waals surface area contributed by atoms with Gasteiger partial charge in [-0.3, -0.25) is 0 Å². The highest BCUT2D eigenvalue weighted by atomic mass is 79.9. The van der Waals surface area contributed by atoms with Crippen molar-refractivity contribution in [2.24, 2.45) is 0 Å². The van der Waals surface area contributed by atoms with E-state index < -0.39 is 0 Å². The second-order valence-corrected chi connectivity index (χ2v) is 7.14. The van der Waals surface area contributed by atoms with E-state index in [1.165, 1.54) is 32.1 Å². The van der Waals surface area contributed by atoms with Gasteiger partial charge in [0.2, 0.25) is 0 Å². The zero-order chi connectivity index (χ0) is 14.7. The largest absolute Gasteiger partial charge is 0.381 e. The van der Waals surface area contributed by atoms with Crippen LogP contribution in [0.5, 0.6) is 0 Å².